The zero-order valence-electron chi connectivity index (χ0n) is 29.6. The number of hydrogen-bond acceptors (Lipinski definition) is 6. The fourth-order valence-electron chi connectivity index (χ4n) is 7.08. The highest BCUT2D eigenvalue weighted by Crippen LogP contribution is 2.24. The van der Waals surface area contributed by atoms with Gasteiger partial charge in [-0.2, -0.15) is 0 Å². The minimum absolute atomic E-state index is 0.0352. The van der Waals surface area contributed by atoms with Gasteiger partial charge >= 0.3 is 0 Å². The predicted octanol–water partition coefficient (Wildman–Crippen LogP) is 6.28. The topological polar surface area (TPSA) is 126 Å². The number of benzene rings is 5. The SMILES string of the molecule is N=C(N)c1ccc(CCc2nc3cc(C(=O)N(Cc4ccc(CN)cc4)Cc4ccc5ccccc5c4)ccc3n2CCCN2CCOCC2)cc1. The number of carbonyl (C=O) groups excluding carboxylic acids is 1. The third-order valence-corrected chi connectivity index (χ3v) is 10.0. The minimum atomic E-state index is -0.0352. The molecule has 266 valence electrons. The molecule has 1 amide bonds. The molecule has 1 aromatic heterocycles. The second-order valence-electron chi connectivity index (χ2n) is 13.7. The van der Waals surface area contributed by atoms with E-state index < -0.39 is 0 Å². The van der Waals surface area contributed by atoms with E-state index in [4.69, 9.17) is 26.6 Å². The number of amidine groups is 1. The van der Waals surface area contributed by atoms with Crippen LogP contribution in [0.2, 0.25) is 0 Å². The number of fused-ring (bicyclic) bond motifs is 2. The highest BCUT2D eigenvalue weighted by Gasteiger charge is 2.20. The fourth-order valence-corrected chi connectivity index (χ4v) is 7.08. The molecule has 0 aliphatic carbocycles. The first-order valence-corrected chi connectivity index (χ1v) is 18.2. The lowest BCUT2D eigenvalue weighted by Crippen LogP contribution is -2.37. The van der Waals surface area contributed by atoms with Crippen LogP contribution in [0.1, 0.15) is 50.4 Å². The Morgan fingerprint density at radius 3 is 2.17 bits per heavy atom. The van der Waals surface area contributed by atoms with Gasteiger partial charge in [0.1, 0.15) is 11.7 Å². The van der Waals surface area contributed by atoms with E-state index in [1.165, 1.54) is 5.39 Å². The molecule has 6 aromatic rings. The fraction of sp³-hybridized carbons (Fsp3) is 0.279. The van der Waals surface area contributed by atoms with Gasteiger partial charge in [0, 0.05) is 63.4 Å². The van der Waals surface area contributed by atoms with Crippen molar-refractivity contribution in [3.63, 3.8) is 0 Å². The molecule has 1 aliphatic heterocycles. The summed E-state index contributed by atoms with van der Waals surface area (Å²) in [6, 6.07) is 36.8. The summed E-state index contributed by atoms with van der Waals surface area (Å²) in [7, 11) is 0. The summed E-state index contributed by atoms with van der Waals surface area (Å²) in [6.45, 7) is 6.77. The third kappa shape index (κ3) is 8.40. The number of rotatable bonds is 14. The van der Waals surface area contributed by atoms with Crippen molar-refractivity contribution in [1.29, 1.82) is 5.41 Å². The Labute approximate surface area is 305 Å². The number of aryl methyl sites for hydroxylation is 3. The van der Waals surface area contributed by atoms with E-state index in [0.717, 1.165) is 109 Å². The number of nitrogens with one attached hydrogen (secondary N) is 1. The lowest BCUT2D eigenvalue weighted by Gasteiger charge is -2.26. The van der Waals surface area contributed by atoms with E-state index in [0.29, 0.717) is 25.2 Å². The number of nitrogen functional groups attached to an aromatic ring is 1. The van der Waals surface area contributed by atoms with Crippen molar-refractivity contribution in [2.75, 3.05) is 32.8 Å². The molecule has 9 heteroatoms. The number of nitrogens with two attached hydrogens (primary N) is 2. The van der Waals surface area contributed by atoms with Crippen LogP contribution in [0, 0.1) is 5.41 Å². The Balaban J connectivity index is 1.17. The monoisotopic (exact) mass is 693 g/mol. The highest BCUT2D eigenvalue weighted by atomic mass is 16.5. The molecule has 0 unspecified atom stereocenters. The van der Waals surface area contributed by atoms with E-state index in [1.807, 2.05) is 65.6 Å². The molecule has 0 bridgehead atoms. The van der Waals surface area contributed by atoms with Gasteiger partial charge in [-0.1, -0.05) is 84.9 Å². The molecule has 2 heterocycles. The summed E-state index contributed by atoms with van der Waals surface area (Å²) < 4.78 is 7.89. The van der Waals surface area contributed by atoms with Crippen LogP contribution in [0.5, 0.6) is 0 Å². The van der Waals surface area contributed by atoms with Crippen LogP contribution in [-0.2, 0) is 43.8 Å². The smallest absolute Gasteiger partial charge is 0.254 e. The van der Waals surface area contributed by atoms with E-state index in [-0.39, 0.29) is 11.7 Å². The Morgan fingerprint density at radius 1 is 0.750 bits per heavy atom. The third-order valence-electron chi connectivity index (χ3n) is 10.0. The molecule has 0 radical (unpaired) electrons. The van der Waals surface area contributed by atoms with Crippen molar-refractivity contribution < 1.29 is 9.53 Å². The van der Waals surface area contributed by atoms with Gasteiger partial charge < -0.3 is 25.7 Å². The lowest BCUT2D eigenvalue weighted by molar-refractivity contribution is 0.0369. The molecule has 0 spiro atoms. The Morgan fingerprint density at radius 2 is 1.42 bits per heavy atom. The summed E-state index contributed by atoms with van der Waals surface area (Å²) in [6.07, 6.45) is 2.55. The van der Waals surface area contributed by atoms with Gasteiger partial charge in [0.15, 0.2) is 0 Å². The van der Waals surface area contributed by atoms with Crippen molar-refractivity contribution in [2.45, 2.75) is 45.4 Å². The van der Waals surface area contributed by atoms with Crippen LogP contribution in [0.3, 0.4) is 0 Å². The van der Waals surface area contributed by atoms with Crippen LogP contribution in [0.15, 0.2) is 109 Å². The minimum Gasteiger partial charge on any atom is -0.384 e. The molecule has 5 aromatic carbocycles. The van der Waals surface area contributed by atoms with Crippen molar-refractivity contribution in [3.05, 3.63) is 148 Å². The number of aromatic nitrogens is 2. The molecular formula is C43H47N7O2. The normalized spacial score (nSPS) is 13.5. The molecule has 1 saturated heterocycles. The average molecular weight is 694 g/mol. The molecule has 9 nitrogen and oxygen atoms in total. The molecule has 0 saturated carbocycles. The number of ether oxygens (including phenoxy) is 1. The van der Waals surface area contributed by atoms with Crippen molar-refractivity contribution >= 4 is 33.5 Å². The zero-order valence-corrected chi connectivity index (χ0v) is 29.6. The molecule has 7 rings (SSSR count). The van der Waals surface area contributed by atoms with Gasteiger partial charge in [0.05, 0.1) is 24.2 Å². The largest absolute Gasteiger partial charge is 0.384 e. The second-order valence-corrected chi connectivity index (χ2v) is 13.7. The maximum Gasteiger partial charge on any atom is 0.254 e. The van der Waals surface area contributed by atoms with E-state index in [9.17, 15) is 4.79 Å². The number of hydrogen-bond donors (Lipinski definition) is 3. The Hall–Kier alpha value is -5.35. The molecule has 5 N–H and O–H groups in total. The molecular weight excluding hydrogens is 647 g/mol. The van der Waals surface area contributed by atoms with Gasteiger partial charge in [-0.15, -0.1) is 0 Å². The van der Waals surface area contributed by atoms with Crippen molar-refractivity contribution in [3.8, 4) is 0 Å². The first-order chi connectivity index (χ1) is 25.4. The average Bonchev–Trinajstić information content (AvgIpc) is 3.53. The van der Waals surface area contributed by atoms with Crippen molar-refractivity contribution in [2.24, 2.45) is 11.5 Å². The van der Waals surface area contributed by atoms with Gasteiger partial charge in [0.25, 0.3) is 5.91 Å². The molecule has 1 fully saturated rings. The number of amides is 1. The molecule has 1 aliphatic rings. The van der Waals surface area contributed by atoms with E-state index in [2.05, 4.69) is 58.0 Å². The first kappa shape index (κ1) is 35.1. The van der Waals surface area contributed by atoms with Crippen LogP contribution >= 0.6 is 0 Å². The number of morpholine rings is 1. The molecule has 0 atom stereocenters. The van der Waals surface area contributed by atoms with Crippen LogP contribution in [0.25, 0.3) is 21.8 Å². The van der Waals surface area contributed by atoms with E-state index in [1.54, 1.807) is 0 Å². The van der Waals surface area contributed by atoms with Crippen LogP contribution in [-0.4, -0.2) is 63.9 Å². The number of nitrogens with zero attached hydrogens (tertiary/aromatic N) is 4. The van der Waals surface area contributed by atoms with Crippen LogP contribution in [0.4, 0.5) is 0 Å². The maximum absolute atomic E-state index is 14.4. The summed E-state index contributed by atoms with van der Waals surface area (Å²) in [5.41, 5.74) is 19.1. The Bertz CT molecular complexity index is 2150. The maximum atomic E-state index is 14.4. The number of imidazole rings is 1. The van der Waals surface area contributed by atoms with E-state index >= 15 is 0 Å². The van der Waals surface area contributed by atoms with Gasteiger partial charge in [-0.05, 0) is 70.1 Å². The van der Waals surface area contributed by atoms with Gasteiger partial charge in [0.2, 0.25) is 0 Å². The highest BCUT2D eigenvalue weighted by molar-refractivity contribution is 5.97. The summed E-state index contributed by atoms with van der Waals surface area (Å²) in [4.78, 5) is 24.0. The van der Waals surface area contributed by atoms with Gasteiger partial charge in [-0.25, -0.2) is 4.98 Å². The van der Waals surface area contributed by atoms with Gasteiger partial charge in [-0.3, -0.25) is 15.1 Å². The van der Waals surface area contributed by atoms with Crippen LogP contribution < -0.4 is 11.5 Å². The summed E-state index contributed by atoms with van der Waals surface area (Å²) >= 11 is 0. The summed E-state index contributed by atoms with van der Waals surface area (Å²) in [5.74, 6) is 1.04. The molecule has 52 heavy (non-hydrogen) atoms. The zero-order chi connectivity index (χ0) is 35.9. The standard InChI is InChI=1S/C43H47N7O2/c44-28-32-6-8-33(9-7-32)29-49(30-34-12-14-35-4-1-2-5-37(35)26-34)43(51)38-17-18-40-39(27-38)47-41(19-13-31-10-15-36(16-11-31)42(45)46)50(40)21-3-20-48-22-24-52-25-23-48/h1-2,4-12,14-18,26-27H,3,13,19-25,28-30,44H2,(H3,45,46). The number of carbonyl (C=O) groups is 1. The van der Waals surface area contributed by atoms with Crippen molar-refractivity contribution in [1.82, 2.24) is 19.4 Å². The quantitative estimate of drug-likeness (QED) is 0.0911. The lowest BCUT2D eigenvalue weighted by atomic mass is 10.1. The second kappa shape index (κ2) is 16.3. The predicted molar refractivity (Wildman–Crippen MR) is 208 cm³/mol. The summed E-state index contributed by atoms with van der Waals surface area (Å²) in [5, 5.41) is 10.1. The first-order valence-electron chi connectivity index (χ1n) is 18.2. The Kier molecular flexibility index (Phi) is 11.0.